The van der Waals surface area contributed by atoms with Crippen molar-refractivity contribution in [1.29, 1.82) is 5.26 Å². The van der Waals surface area contributed by atoms with Crippen molar-refractivity contribution in [2.45, 2.75) is 23.5 Å². The fourth-order valence-corrected chi connectivity index (χ4v) is 3.73. The maximum Gasteiger partial charge on any atom is 0.242 e. The van der Waals surface area contributed by atoms with Crippen LogP contribution in [0.3, 0.4) is 0 Å². The Hall–Kier alpha value is -1.50. The average molecular weight is 326 g/mol. The van der Waals surface area contributed by atoms with Gasteiger partial charge in [-0.3, -0.25) is 0 Å². The number of aliphatic hydroxyl groups excluding tert-OH is 1. The summed E-state index contributed by atoms with van der Waals surface area (Å²) in [5, 5.41) is 17.9. The van der Waals surface area contributed by atoms with Crippen LogP contribution in [0, 0.1) is 11.3 Å². The van der Waals surface area contributed by atoms with Crippen molar-refractivity contribution in [2.75, 3.05) is 26.4 Å². The molecule has 1 fully saturated rings. The zero-order chi connectivity index (χ0) is 16.0. The summed E-state index contributed by atoms with van der Waals surface area (Å²) >= 11 is 0. The van der Waals surface area contributed by atoms with Crippen LogP contribution in [0.15, 0.2) is 29.2 Å². The maximum absolute atomic E-state index is 12.5. The maximum atomic E-state index is 12.5. The lowest BCUT2D eigenvalue weighted by Crippen LogP contribution is -2.50. The molecular formula is C14H18N2O5S. The SMILES string of the molecule is N#Cc1ccccc1S(=O)(=O)N[C@@H]1CCOC[C@H]1OCCO. The predicted octanol–water partition coefficient (Wildman–Crippen LogP) is 0.00298. The highest BCUT2D eigenvalue weighted by atomic mass is 32.2. The van der Waals surface area contributed by atoms with Crippen LogP contribution >= 0.6 is 0 Å². The minimum atomic E-state index is -3.83. The third-order valence-corrected chi connectivity index (χ3v) is 4.88. The summed E-state index contributed by atoms with van der Waals surface area (Å²) < 4.78 is 38.3. The molecule has 2 N–H and O–H groups in total. The van der Waals surface area contributed by atoms with Crippen molar-refractivity contribution in [1.82, 2.24) is 4.72 Å². The lowest BCUT2D eigenvalue weighted by atomic mass is 10.1. The molecule has 1 aliphatic rings. The van der Waals surface area contributed by atoms with E-state index in [1.165, 1.54) is 12.1 Å². The Morgan fingerprint density at radius 2 is 2.23 bits per heavy atom. The Kier molecular flexibility index (Phi) is 5.88. The number of aliphatic hydroxyl groups is 1. The van der Waals surface area contributed by atoms with Crippen LogP contribution in [-0.4, -0.2) is 52.1 Å². The highest BCUT2D eigenvalue weighted by molar-refractivity contribution is 7.89. The average Bonchev–Trinajstić information content (AvgIpc) is 2.53. The Morgan fingerprint density at radius 3 is 2.95 bits per heavy atom. The molecule has 1 aromatic carbocycles. The molecule has 1 aromatic rings. The van der Waals surface area contributed by atoms with Gasteiger partial charge < -0.3 is 14.6 Å². The molecule has 7 nitrogen and oxygen atoms in total. The number of hydrogen-bond acceptors (Lipinski definition) is 6. The molecule has 2 rings (SSSR count). The highest BCUT2D eigenvalue weighted by Crippen LogP contribution is 2.18. The molecule has 0 amide bonds. The van der Waals surface area contributed by atoms with Gasteiger partial charge in [0.15, 0.2) is 0 Å². The molecule has 0 spiro atoms. The Morgan fingerprint density at radius 1 is 1.45 bits per heavy atom. The molecule has 120 valence electrons. The monoisotopic (exact) mass is 326 g/mol. The van der Waals surface area contributed by atoms with Gasteiger partial charge in [0, 0.05) is 6.61 Å². The van der Waals surface area contributed by atoms with Crippen molar-refractivity contribution in [3.05, 3.63) is 29.8 Å². The molecule has 22 heavy (non-hydrogen) atoms. The van der Waals surface area contributed by atoms with Crippen molar-refractivity contribution in [3.8, 4) is 6.07 Å². The normalized spacial score (nSPS) is 22.2. The highest BCUT2D eigenvalue weighted by Gasteiger charge is 2.31. The first-order chi connectivity index (χ1) is 10.6. The number of sulfonamides is 1. The van der Waals surface area contributed by atoms with Crippen LogP contribution in [0.4, 0.5) is 0 Å². The van der Waals surface area contributed by atoms with Gasteiger partial charge in [-0.05, 0) is 18.6 Å². The summed E-state index contributed by atoms with van der Waals surface area (Å²) in [5.74, 6) is 0. The summed E-state index contributed by atoms with van der Waals surface area (Å²) in [7, 11) is -3.83. The van der Waals surface area contributed by atoms with E-state index in [9.17, 15) is 8.42 Å². The lowest BCUT2D eigenvalue weighted by Gasteiger charge is -2.31. The summed E-state index contributed by atoms with van der Waals surface area (Å²) in [4.78, 5) is -0.0510. The van der Waals surface area contributed by atoms with Gasteiger partial charge in [-0.2, -0.15) is 5.26 Å². The molecule has 2 atom stereocenters. The topological polar surface area (TPSA) is 109 Å². The summed E-state index contributed by atoms with van der Waals surface area (Å²) in [6.07, 6.45) is -0.00532. The second kappa shape index (κ2) is 7.67. The van der Waals surface area contributed by atoms with Crippen molar-refractivity contribution in [2.24, 2.45) is 0 Å². The van der Waals surface area contributed by atoms with Gasteiger partial charge in [0.05, 0.1) is 42.4 Å². The van der Waals surface area contributed by atoms with Crippen LogP contribution in [0.2, 0.25) is 0 Å². The van der Waals surface area contributed by atoms with E-state index in [1.807, 2.05) is 6.07 Å². The zero-order valence-electron chi connectivity index (χ0n) is 11.9. The molecule has 0 aromatic heterocycles. The first kappa shape index (κ1) is 16.9. The molecule has 0 saturated carbocycles. The Labute approximate surface area is 129 Å². The fraction of sp³-hybridized carbons (Fsp3) is 0.500. The molecule has 0 radical (unpaired) electrons. The molecule has 1 heterocycles. The Bertz CT molecular complexity index is 641. The van der Waals surface area contributed by atoms with Gasteiger partial charge in [0.25, 0.3) is 0 Å². The molecule has 0 bridgehead atoms. The number of hydrogen-bond donors (Lipinski definition) is 2. The molecule has 8 heteroatoms. The van der Waals surface area contributed by atoms with Crippen LogP contribution < -0.4 is 4.72 Å². The van der Waals surface area contributed by atoms with Gasteiger partial charge in [0.1, 0.15) is 6.07 Å². The van der Waals surface area contributed by atoms with Gasteiger partial charge in [-0.25, -0.2) is 13.1 Å². The molecule has 0 aliphatic carbocycles. The predicted molar refractivity (Wildman–Crippen MR) is 77.5 cm³/mol. The first-order valence-corrected chi connectivity index (χ1v) is 8.38. The van der Waals surface area contributed by atoms with Crippen LogP contribution in [0.25, 0.3) is 0 Å². The first-order valence-electron chi connectivity index (χ1n) is 6.90. The van der Waals surface area contributed by atoms with Gasteiger partial charge in [0.2, 0.25) is 10.0 Å². The van der Waals surface area contributed by atoms with E-state index in [0.29, 0.717) is 13.0 Å². The van der Waals surface area contributed by atoms with Crippen molar-refractivity contribution < 1.29 is 23.0 Å². The second-order valence-electron chi connectivity index (χ2n) is 4.83. The van der Waals surface area contributed by atoms with Gasteiger partial charge in [-0.15, -0.1) is 0 Å². The summed E-state index contributed by atoms with van der Waals surface area (Å²) in [6.45, 7) is 0.646. The Balaban J connectivity index is 2.18. The van der Waals surface area contributed by atoms with Crippen LogP contribution in [-0.2, 0) is 19.5 Å². The summed E-state index contributed by atoms with van der Waals surface area (Å²) in [5.41, 5.74) is 0.0925. The van der Waals surface area contributed by atoms with E-state index in [1.54, 1.807) is 12.1 Å². The number of ether oxygens (including phenoxy) is 2. The second-order valence-corrected chi connectivity index (χ2v) is 6.51. The number of nitrogens with zero attached hydrogens (tertiary/aromatic N) is 1. The molecule has 1 saturated heterocycles. The number of nitrogens with one attached hydrogen (secondary N) is 1. The zero-order valence-corrected chi connectivity index (χ0v) is 12.8. The lowest BCUT2D eigenvalue weighted by molar-refractivity contribution is -0.0714. The van der Waals surface area contributed by atoms with E-state index >= 15 is 0 Å². The quantitative estimate of drug-likeness (QED) is 0.762. The van der Waals surface area contributed by atoms with Crippen molar-refractivity contribution in [3.63, 3.8) is 0 Å². The minimum Gasteiger partial charge on any atom is -0.394 e. The van der Waals surface area contributed by atoms with E-state index in [4.69, 9.17) is 19.8 Å². The van der Waals surface area contributed by atoms with Crippen LogP contribution in [0.1, 0.15) is 12.0 Å². The number of rotatable bonds is 6. The fourth-order valence-electron chi connectivity index (χ4n) is 2.27. The largest absolute Gasteiger partial charge is 0.394 e. The smallest absolute Gasteiger partial charge is 0.242 e. The van der Waals surface area contributed by atoms with E-state index < -0.39 is 22.2 Å². The third-order valence-electron chi connectivity index (χ3n) is 3.33. The third kappa shape index (κ3) is 4.03. The number of nitriles is 1. The minimum absolute atomic E-state index is 0.0510. The van der Waals surface area contributed by atoms with Gasteiger partial charge >= 0.3 is 0 Å². The van der Waals surface area contributed by atoms with Crippen molar-refractivity contribution >= 4 is 10.0 Å². The standard InChI is InChI=1S/C14H18N2O5S/c15-9-11-3-1-2-4-14(11)22(18,19)16-12-5-7-20-10-13(12)21-8-6-17/h1-4,12-13,16-17H,5-8,10H2/t12-,13-/m1/s1. The molecule has 1 aliphatic heterocycles. The van der Waals surface area contributed by atoms with E-state index in [-0.39, 0.29) is 30.3 Å². The number of benzene rings is 1. The van der Waals surface area contributed by atoms with Gasteiger partial charge in [-0.1, -0.05) is 12.1 Å². The molecule has 0 unspecified atom stereocenters. The van der Waals surface area contributed by atoms with Crippen LogP contribution in [0.5, 0.6) is 0 Å². The summed E-state index contributed by atoms with van der Waals surface area (Å²) in [6, 6.07) is 7.44. The van der Waals surface area contributed by atoms with E-state index in [2.05, 4.69) is 4.72 Å². The molecular weight excluding hydrogens is 308 g/mol. The van der Waals surface area contributed by atoms with E-state index in [0.717, 1.165) is 0 Å².